The lowest BCUT2D eigenvalue weighted by Crippen LogP contribution is -2.11. The van der Waals surface area contributed by atoms with Crippen molar-refractivity contribution in [3.8, 4) is 0 Å². The molecule has 0 unspecified atom stereocenters. The SMILES string of the molecule is CCCCCCOC(=O)CCCOCCOCCOCC. The van der Waals surface area contributed by atoms with E-state index in [-0.39, 0.29) is 5.97 Å². The first-order valence-corrected chi connectivity index (χ1v) is 8.20. The Labute approximate surface area is 129 Å². The summed E-state index contributed by atoms with van der Waals surface area (Å²) in [7, 11) is 0. The third-order valence-corrected chi connectivity index (χ3v) is 2.88. The Morgan fingerprint density at radius 1 is 0.714 bits per heavy atom. The molecule has 21 heavy (non-hydrogen) atoms. The van der Waals surface area contributed by atoms with Crippen molar-refractivity contribution in [2.24, 2.45) is 0 Å². The molecule has 0 saturated carbocycles. The Hall–Kier alpha value is -0.650. The summed E-state index contributed by atoms with van der Waals surface area (Å²) < 4.78 is 21.0. The number of hydrogen-bond donors (Lipinski definition) is 0. The number of esters is 1. The molecule has 0 aromatic rings. The number of carbonyl (C=O) groups is 1. The second-order valence-electron chi connectivity index (χ2n) is 4.81. The second kappa shape index (κ2) is 17.4. The van der Waals surface area contributed by atoms with E-state index < -0.39 is 0 Å². The molecule has 0 bridgehead atoms. The summed E-state index contributed by atoms with van der Waals surface area (Å²) in [5.41, 5.74) is 0. The summed E-state index contributed by atoms with van der Waals surface area (Å²) in [6.45, 7) is 8.30. The molecule has 0 aliphatic heterocycles. The smallest absolute Gasteiger partial charge is 0.305 e. The van der Waals surface area contributed by atoms with E-state index in [1.165, 1.54) is 12.8 Å². The third kappa shape index (κ3) is 17.3. The fourth-order valence-electron chi connectivity index (χ4n) is 1.69. The predicted molar refractivity (Wildman–Crippen MR) is 82.5 cm³/mol. The zero-order valence-corrected chi connectivity index (χ0v) is 13.7. The van der Waals surface area contributed by atoms with Gasteiger partial charge in [-0.15, -0.1) is 0 Å². The minimum atomic E-state index is -0.122. The van der Waals surface area contributed by atoms with Crippen LogP contribution in [0.5, 0.6) is 0 Å². The van der Waals surface area contributed by atoms with Gasteiger partial charge in [0.25, 0.3) is 0 Å². The van der Waals surface area contributed by atoms with E-state index in [9.17, 15) is 4.79 Å². The zero-order valence-electron chi connectivity index (χ0n) is 13.7. The van der Waals surface area contributed by atoms with E-state index >= 15 is 0 Å². The number of hydrogen-bond acceptors (Lipinski definition) is 5. The summed E-state index contributed by atoms with van der Waals surface area (Å²) >= 11 is 0. The molecular weight excluding hydrogens is 272 g/mol. The van der Waals surface area contributed by atoms with Crippen molar-refractivity contribution in [1.82, 2.24) is 0 Å². The summed E-state index contributed by atoms with van der Waals surface area (Å²) in [5, 5.41) is 0. The molecule has 0 rings (SSSR count). The van der Waals surface area contributed by atoms with Crippen LogP contribution in [0.15, 0.2) is 0 Å². The van der Waals surface area contributed by atoms with E-state index in [4.69, 9.17) is 18.9 Å². The molecule has 0 aromatic heterocycles. The van der Waals surface area contributed by atoms with Gasteiger partial charge in [-0.25, -0.2) is 0 Å². The number of rotatable bonds is 16. The van der Waals surface area contributed by atoms with Crippen LogP contribution in [0.1, 0.15) is 52.4 Å². The molecule has 126 valence electrons. The highest BCUT2D eigenvalue weighted by Gasteiger charge is 2.02. The molecule has 0 fully saturated rings. The lowest BCUT2D eigenvalue weighted by molar-refractivity contribution is -0.144. The van der Waals surface area contributed by atoms with Crippen LogP contribution in [0.25, 0.3) is 0 Å². The fraction of sp³-hybridized carbons (Fsp3) is 0.938. The molecule has 0 amide bonds. The summed E-state index contributed by atoms with van der Waals surface area (Å²) in [5.74, 6) is -0.122. The molecule has 0 heterocycles. The van der Waals surface area contributed by atoms with Crippen LogP contribution >= 0.6 is 0 Å². The van der Waals surface area contributed by atoms with Crippen LogP contribution in [0.4, 0.5) is 0 Å². The van der Waals surface area contributed by atoms with Gasteiger partial charge in [0.05, 0.1) is 33.0 Å². The summed E-state index contributed by atoms with van der Waals surface area (Å²) in [4.78, 5) is 11.4. The van der Waals surface area contributed by atoms with Crippen molar-refractivity contribution in [3.05, 3.63) is 0 Å². The Kier molecular flexibility index (Phi) is 16.9. The van der Waals surface area contributed by atoms with Gasteiger partial charge in [-0.05, 0) is 19.8 Å². The minimum Gasteiger partial charge on any atom is -0.466 e. The Bertz CT molecular complexity index is 221. The number of unbranched alkanes of at least 4 members (excludes halogenated alkanes) is 3. The van der Waals surface area contributed by atoms with Crippen LogP contribution in [-0.2, 0) is 23.7 Å². The van der Waals surface area contributed by atoms with Crippen molar-refractivity contribution in [2.75, 3.05) is 46.2 Å². The molecule has 0 aromatic carbocycles. The monoisotopic (exact) mass is 304 g/mol. The van der Waals surface area contributed by atoms with E-state index in [0.29, 0.717) is 59.1 Å². The van der Waals surface area contributed by atoms with E-state index in [0.717, 1.165) is 12.8 Å². The van der Waals surface area contributed by atoms with E-state index in [2.05, 4.69) is 6.92 Å². The molecular formula is C16H32O5. The van der Waals surface area contributed by atoms with Crippen LogP contribution in [0, 0.1) is 0 Å². The van der Waals surface area contributed by atoms with Gasteiger partial charge in [0.1, 0.15) is 0 Å². The molecule has 5 heteroatoms. The van der Waals surface area contributed by atoms with Gasteiger partial charge < -0.3 is 18.9 Å². The molecule has 0 spiro atoms. The highest BCUT2D eigenvalue weighted by Crippen LogP contribution is 2.00. The summed E-state index contributed by atoms with van der Waals surface area (Å²) in [6.07, 6.45) is 5.63. The van der Waals surface area contributed by atoms with Crippen molar-refractivity contribution in [2.45, 2.75) is 52.4 Å². The van der Waals surface area contributed by atoms with Gasteiger partial charge in [0.2, 0.25) is 0 Å². The predicted octanol–water partition coefficient (Wildman–Crippen LogP) is 2.96. The number of ether oxygens (including phenoxy) is 4. The molecule has 0 aliphatic rings. The van der Waals surface area contributed by atoms with Crippen molar-refractivity contribution in [1.29, 1.82) is 0 Å². The fourth-order valence-corrected chi connectivity index (χ4v) is 1.69. The van der Waals surface area contributed by atoms with Crippen LogP contribution in [0.2, 0.25) is 0 Å². The lowest BCUT2D eigenvalue weighted by atomic mass is 10.2. The first-order chi connectivity index (χ1) is 10.3. The van der Waals surface area contributed by atoms with Crippen molar-refractivity contribution in [3.63, 3.8) is 0 Å². The van der Waals surface area contributed by atoms with Crippen LogP contribution in [-0.4, -0.2) is 52.2 Å². The maximum Gasteiger partial charge on any atom is 0.305 e. The first kappa shape index (κ1) is 20.3. The second-order valence-corrected chi connectivity index (χ2v) is 4.81. The van der Waals surface area contributed by atoms with Crippen LogP contribution < -0.4 is 0 Å². The van der Waals surface area contributed by atoms with Gasteiger partial charge in [0.15, 0.2) is 0 Å². The van der Waals surface area contributed by atoms with Gasteiger partial charge >= 0.3 is 5.97 Å². The maximum absolute atomic E-state index is 11.4. The number of carbonyl (C=O) groups excluding carboxylic acids is 1. The first-order valence-electron chi connectivity index (χ1n) is 8.20. The normalized spacial score (nSPS) is 10.8. The average molecular weight is 304 g/mol. The van der Waals surface area contributed by atoms with Crippen molar-refractivity contribution >= 4 is 5.97 Å². The van der Waals surface area contributed by atoms with Gasteiger partial charge in [0, 0.05) is 19.6 Å². The van der Waals surface area contributed by atoms with Crippen LogP contribution in [0.3, 0.4) is 0 Å². The average Bonchev–Trinajstić information content (AvgIpc) is 2.49. The standard InChI is InChI=1S/C16H32O5/c1-3-5-6-7-11-21-16(17)9-8-10-19-14-15-20-13-12-18-4-2/h3-15H2,1-2H3. The lowest BCUT2D eigenvalue weighted by Gasteiger charge is -2.06. The largest absolute Gasteiger partial charge is 0.466 e. The Morgan fingerprint density at radius 2 is 1.38 bits per heavy atom. The topological polar surface area (TPSA) is 54.0 Å². The maximum atomic E-state index is 11.4. The van der Waals surface area contributed by atoms with Gasteiger partial charge in [-0.2, -0.15) is 0 Å². The molecule has 5 nitrogen and oxygen atoms in total. The zero-order chi connectivity index (χ0) is 15.6. The summed E-state index contributed by atoms with van der Waals surface area (Å²) in [6, 6.07) is 0. The van der Waals surface area contributed by atoms with E-state index in [1.807, 2.05) is 6.92 Å². The Balaban J connectivity index is 3.11. The highest BCUT2D eigenvalue weighted by molar-refractivity contribution is 5.69. The third-order valence-electron chi connectivity index (χ3n) is 2.88. The minimum absolute atomic E-state index is 0.122. The molecule has 0 radical (unpaired) electrons. The van der Waals surface area contributed by atoms with Gasteiger partial charge in [-0.3, -0.25) is 4.79 Å². The van der Waals surface area contributed by atoms with E-state index in [1.54, 1.807) is 0 Å². The van der Waals surface area contributed by atoms with Gasteiger partial charge in [-0.1, -0.05) is 26.2 Å². The quantitative estimate of drug-likeness (QED) is 0.324. The molecule has 0 N–H and O–H groups in total. The Morgan fingerprint density at radius 3 is 2.05 bits per heavy atom. The highest BCUT2D eigenvalue weighted by atomic mass is 16.5. The van der Waals surface area contributed by atoms with Crippen molar-refractivity contribution < 1.29 is 23.7 Å². The molecule has 0 saturated heterocycles. The molecule has 0 aliphatic carbocycles. The molecule has 0 atom stereocenters.